The highest BCUT2D eigenvalue weighted by molar-refractivity contribution is 5.78. The maximum absolute atomic E-state index is 13.0. The molecule has 9 heteroatoms. The zero-order valence-electron chi connectivity index (χ0n) is 17.2. The number of amides is 1. The van der Waals surface area contributed by atoms with Crippen molar-refractivity contribution in [1.82, 2.24) is 24.6 Å². The predicted octanol–water partition coefficient (Wildman–Crippen LogP) is 1.71. The minimum atomic E-state index is -0.297. The lowest BCUT2D eigenvalue weighted by Gasteiger charge is -2.42. The number of carbonyl (C=O) groups is 1. The molecule has 0 radical (unpaired) electrons. The Morgan fingerprint density at radius 1 is 1.23 bits per heavy atom. The van der Waals surface area contributed by atoms with Gasteiger partial charge in [0.25, 0.3) is 0 Å². The maximum atomic E-state index is 13.0. The number of hydrogen-bond acceptors (Lipinski definition) is 6. The Labute approximate surface area is 175 Å². The lowest BCUT2D eigenvalue weighted by atomic mass is 10.0. The van der Waals surface area contributed by atoms with Crippen molar-refractivity contribution >= 4 is 5.91 Å². The van der Waals surface area contributed by atoms with E-state index in [-0.39, 0.29) is 30.5 Å². The highest BCUT2D eigenvalue weighted by Crippen LogP contribution is 2.22. The molecule has 2 fully saturated rings. The Bertz CT molecular complexity index is 835. The standard InChI is InChI=1S/C21H28FN5O3/c1-2-27-20(23-15-24-27)12-25-9-7-17(8-10-25)26-11-19(30-14-21(26)28)13-29-18-5-3-16(22)4-6-18/h3-6,15,17,19H,2,7-14H2,1H3/t19-/m0/s1. The van der Waals surface area contributed by atoms with Gasteiger partial charge in [-0.05, 0) is 44.0 Å². The molecule has 1 atom stereocenters. The molecule has 0 unspecified atom stereocenters. The van der Waals surface area contributed by atoms with Crippen molar-refractivity contribution in [3.05, 3.63) is 42.2 Å². The van der Waals surface area contributed by atoms with Crippen LogP contribution >= 0.6 is 0 Å². The molecule has 0 saturated carbocycles. The topological polar surface area (TPSA) is 72.7 Å². The summed E-state index contributed by atoms with van der Waals surface area (Å²) in [5.41, 5.74) is 0. The molecule has 1 aromatic carbocycles. The number of ether oxygens (including phenoxy) is 2. The number of likely N-dealkylation sites (tertiary alicyclic amines) is 1. The summed E-state index contributed by atoms with van der Waals surface area (Å²) in [7, 11) is 0. The molecule has 1 aromatic heterocycles. The lowest BCUT2D eigenvalue weighted by Crippen LogP contribution is -2.55. The average molecular weight is 417 g/mol. The molecule has 1 amide bonds. The molecule has 2 aliphatic heterocycles. The normalized spacial score (nSPS) is 21.2. The number of carbonyl (C=O) groups excluding carboxylic acids is 1. The van der Waals surface area contributed by atoms with E-state index in [1.165, 1.54) is 12.1 Å². The molecule has 2 saturated heterocycles. The van der Waals surface area contributed by atoms with E-state index in [4.69, 9.17) is 9.47 Å². The van der Waals surface area contributed by atoms with Crippen LogP contribution in [0.25, 0.3) is 0 Å². The molecule has 2 aromatic rings. The van der Waals surface area contributed by atoms with Crippen molar-refractivity contribution in [2.45, 2.75) is 45.0 Å². The van der Waals surface area contributed by atoms with Crippen molar-refractivity contribution in [3.8, 4) is 5.75 Å². The lowest BCUT2D eigenvalue weighted by molar-refractivity contribution is -0.155. The van der Waals surface area contributed by atoms with Crippen LogP contribution in [-0.4, -0.2) is 75.5 Å². The van der Waals surface area contributed by atoms with Crippen LogP contribution in [0.15, 0.2) is 30.6 Å². The van der Waals surface area contributed by atoms with Gasteiger partial charge in [-0.25, -0.2) is 14.1 Å². The average Bonchev–Trinajstić information content (AvgIpc) is 3.22. The number of morpholine rings is 1. The monoisotopic (exact) mass is 417 g/mol. The highest BCUT2D eigenvalue weighted by atomic mass is 19.1. The summed E-state index contributed by atoms with van der Waals surface area (Å²) in [6, 6.07) is 6.13. The summed E-state index contributed by atoms with van der Waals surface area (Å²) >= 11 is 0. The number of halogens is 1. The second-order valence-electron chi connectivity index (χ2n) is 7.74. The second kappa shape index (κ2) is 9.53. The Morgan fingerprint density at radius 3 is 2.73 bits per heavy atom. The molecule has 8 nitrogen and oxygen atoms in total. The molecule has 0 N–H and O–H groups in total. The number of nitrogens with zero attached hydrogens (tertiary/aromatic N) is 5. The van der Waals surface area contributed by atoms with Gasteiger partial charge in [0, 0.05) is 25.7 Å². The van der Waals surface area contributed by atoms with Gasteiger partial charge in [-0.3, -0.25) is 9.69 Å². The summed E-state index contributed by atoms with van der Waals surface area (Å²) < 4.78 is 26.3. The van der Waals surface area contributed by atoms with Crippen LogP contribution in [-0.2, 0) is 22.6 Å². The van der Waals surface area contributed by atoms with E-state index in [1.54, 1.807) is 18.5 Å². The molecule has 2 aliphatic rings. The first-order chi connectivity index (χ1) is 14.6. The van der Waals surface area contributed by atoms with Crippen molar-refractivity contribution in [3.63, 3.8) is 0 Å². The van der Waals surface area contributed by atoms with E-state index in [0.717, 1.165) is 44.8 Å². The van der Waals surface area contributed by atoms with E-state index in [2.05, 4.69) is 21.9 Å². The summed E-state index contributed by atoms with van der Waals surface area (Å²) in [4.78, 5) is 21.1. The summed E-state index contributed by atoms with van der Waals surface area (Å²) in [5.74, 6) is 1.32. The Kier molecular flexibility index (Phi) is 6.59. The molecule has 4 rings (SSSR count). The number of piperidine rings is 1. The van der Waals surface area contributed by atoms with E-state index in [0.29, 0.717) is 18.9 Å². The van der Waals surface area contributed by atoms with Gasteiger partial charge in [-0.2, -0.15) is 5.10 Å². The van der Waals surface area contributed by atoms with E-state index < -0.39 is 0 Å². The molecule has 3 heterocycles. The van der Waals surface area contributed by atoms with Crippen molar-refractivity contribution in [1.29, 1.82) is 0 Å². The van der Waals surface area contributed by atoms with Gasteiger partial charge < -0.3 is 14.4 Å². The second-order valence-corrected chi connectivity index (χ2v) is 7.74. The fourth-order valence-electron chi connectivity index (χ4n) is 4.08. The van der Waals surface area contributed by atoms with Gasteiger partial charge >= 0.3 is 0 Å². The van der Waals surface area contributed by atoms with Gasteiger partial charge in [-0.1, -0.05) is 0 Å². The molecule has 30 heavy (non-hydrogen) atoms. The summed E-state index contributed by atoms with van der Waals surface area (Å²) in [6.07, 6.45) is 3.27. The highest BCUT2D eigenvalue weighted by Gasteiger charge is 2.34. The number of benzene rings is 1. The van der Waals surface area contributed by atoms with Crippen molar-refractivity contribution in [2.75, 3.05) is 32.8 Å². The van der Waals surface area contributed by atoms with E-state index in [9.17, 15) is 9.18 Å². The van der Waals surface area contributed by atoms with Crippen molar-refractivity contribution < 1.29 is 18.7 Å². The molecule has 0 aliphatic carbocycles. The molecular formula is C21H28FN5O3. The largest absolute Gasteiger partial charge is 0.491 e. The van der Waals surface area contributed by atoms with Crippen LogP contribution in [0.3, 0.4) is 0 Å². The smallest absolute Gasteiger partial charge is 0.248 e. The molecule has 162 valence electrons. The van der Waals surface area contributed by atoms with Crippen LogP contribution in [0.2, 0.25) is 0 Å². The zero-order chi connectivity index (χ0) is 20.9. The third-order valence-electron chi connectivity index (χ3n) is 5.77. The number of hydrogen-bond donors (Lipinski definition) is 0. The quantitative estimate of drug-likeness (QED) is 0.683. The first-order valence-electron chi connectivity index (χ1n) is 10.5. The Balaban J connectivity index is 1.27. The minimum Gasteiger partial charge on any atom is -0.491 e. The van der Waals surface area contributed by atoms with Gasteiger partial charge in [-0.15, -0.1) is 0 Å². The van der Waals surface area contributed by atoms with Crippen LogP contribution < -0.4 is 4.74 Å². The molecule has 0 bridgehead atoms. The third-order valence-corrected chi connectivity index (χ3v) is 5.77. The SMILES string of the molecule is CCn1ncnc1CN1CCC(N2C[C@@H](COc3ccc(F)cc3)OCC2=O)CC1. The third kappa shape index (κ3) is 4.96. The fourth-order valence-corrected chi connectivity index (χ4v) is 4.08. The fraction of sp³-hybridized carbons (Fsp3) is 0.571. The minimum absolute atomic E-state index is 0.0391. The molecular weight excluding hydrogens is 389 g/mol. The van der Waals surface area contributed by atoms with E-state index in [1.807, 2.05) is 9.58 Å². The van der Waals surface area contributed by atoms with Crippen LogP contribution in [0.1, 0.15) is 25.6 Å². The number of rotatable bonds is 7. The first-order valence-corrected chi connectivity index (χ1v) is 10.5. The van der Waals surface area contributed by atoms with Crippen molar-refractivity contribution in [2.24, 2.45) is 0 Å². The summed E-state index contributed by atoms with van der Waals surface area (Å²) in [5, 5.41) is 4.23. The Hall–Kier alpha value is -2.52. The van der Waals surface area contributed by atoms with Crippen LogP contribution in [0.5, 0.6) is 5.75 Å². The predicted molar refractivity (Wildman–Crippen MR) is 107 cm³/mol. The number of aryl methyl sites for hydroxylation is 1. The van der Waals surface area contributed by atoms with Crippen LogP contribution in [0.4, 0.5) is 4.39 Å². The number of aromatic nitrogens is 3. The maximum Gasteiger partial charge on any atom is 0.248 e. The van der Waals surface area contributed by atoms with Gasteiger partial charge in [0.05, 0.1) is 13.1 Å². The molecule has 0 spiro atoms. The van der Waals surface area contributed by atoms with Gasteiger partial charge in [0.15, 0.2) is 0 Å². The zero-order valence-corrected chi connectivity index (χ0v) is 17.2. The summed E-state index contributed by atoms with van der Waals surface area (Å²) in [6.45, 7) is 6.43. The Morgan fingerprint density at radius 2 is 2.00 bits per heavy atom. The van der Waals surface area contributed by atoms with Crippen LogP contribution in [0, 0.1) is 5.82 Å². The van der Waals surface area contributed by atoms with Gasteiger partial charge in [0.2, 0.25) is 5.91 Å². The first kappa shape index (κ1) is 20.7. The van der Waals surface area contributed by atoms with Gasteiger partial charge in [0.1, 0.15) is 43.0 Å². The van der Waals surface area contributed by atoms with E-state index >= 15 is 0 Å².